The highest BCUT2D eigenvalue weighted by atomic mass is 35.5. The van der Waals surface area contributed by atoms with Gasteiger partial charge in [0.25, 0.3) is 0 Å². The van der Waals surface area contributed by atoms with Gasteiger partial charge in [0.2, 0.25) is 0 Å². The van der Waals surface area contributed by atoms with E-state index in [-0.39, 0.29) is 6.04 Å². The summed E-state index contributed by atoms with van der Waals surface area (Å²) in [6.07, 6.45) is 1.66. The van der Waals surface area contributed by atoms with Crippen molar-refractivity contribution in [3.8, 4) is 5.75 Å². The van der Waals surface area contributed by atoms with Crippen LogP contribution in [0.2, 0.25) is 10.0 Å². The van der Waals surface area contributed by atoms with Crippen molar-refractivity contribution in [3.05, 3.63) is 45.7 Å². The second-order valence-corrected chi connectivity index (χ2v) is 5.54. The van der Waals surface area contributed by atoms with E-state index in [9.17, 15) is 0 Å². The van der Waals surface area contributed by atoms with Gasteiger partial charge in [0.05, 0.1) is 29.4 Å². The van der Waals surface area contributed by atoms with E-state index >= 15 is 0 Å². The molecule has 0 saturated carbocycles. The van der Waals surface area contributed by atoms with Crippen molar-refractivity contribution < 1.29 is 4.74 Å². The maximum atomic E-state index is 6.36. The van der Waals surface area contributed by atoms with Gasteiger partial charge in [-0.15, -0.1) is 0 Å². The van der Waals surface area contributed by atoms with Crippen LogP contribution in [0.4, 0.5) is 0 Å². The van der Waals surface area contributed by atoms with E-state index in [1.165, 1.54) is 0 Å². The Morgan fingerprint density at radius 2 is 2.00 bits per heavy atom. The van der Waals surface area contributed by atoms with Crippen LogP contribution >= 0.6 is 23.2 Å². The second kappa shape index (κ2) is 6.04. The van der Waals surface area contributed by atoms with E-state index in [0.717, 1.165) is 11.3 Å². The first-order chi connectivity index (χ1) is 9.47. The predicted octanol–water partition coefficient (Wildman–Crippen LogP) is 3.83. The number of halogens is 2. The predicted molar refractivity (Wildman–Crippen MR) is 81.7 cm³/mol. The Morgan fingerprint density at radius 1 is 1.30 bits per heavy atom. The lowest BCUT2D eigenvalue weighted by molar-refractivity contribution is 0.401. The highest BCUT2D eigenvalue weighted by molar-refractivity contribution is 6.42. The third-order valence-corrected chi connectivity index (χ3v) is 3.95. The summed E-state index contributed by atoms with van der Waals surface area (Å²) in [5.74, 6) is 0.641. The molecule has 20 heavy (non-hydrogen) atoms. The van der Waals surface area contributed by atoms with Crippen molar-refractivity contribution in [3.63, 3.8) is 0 Å². The number of ether oxygens (including phenoxy) is 1. The van der Waals surface area contributed by atoms with Crippen molar-refractivity contribution in [1.29, 1.82) is 0 Å². The Kier molecular flexibility index (Phi) is 4.58. The molecule has 1 aromatic carbocycles. The number of hydrogen-bond acceptors (Lipinski definition) is 3. The molecule has 1 atom stereocenters. The third-order valence-electron chi connectivity index (χ3n) is 3.12. The van der Waals surface area contributed by atoms with Gasteiger partial charge in [0.1, 0.15) is 5.69 Å². The molecular formula is C14H17Cl2N3O. The summed E-state index contributed by atoms with van der Waals surface area (Å²) in [4.78, 5) is 0. The minimum atomic E-state index is -0.457. The SMILES string of the molecule is COc1cnn(C(C)C)c1C(N)c1cccc(Cl)c1Cl. The molecule has 0 aliphatic rings. The van der Waals surface area contributed by atoms with Gasteiger partial charge in [-0.25, -0.2) is 0 Å². The van der Waals surface area contributed by atoms with Crippen molar-refractivity contribution in [1.82, 2.24) is 9.78 Å². The van der Waals surface area contributed by atoms with Crippen molar-refractivity contribution >= 4 is 23.2 Å². The smallest absolute Gasteiger partial charge is 0.161 e. The van der Waals surface area contributed by atoms with Crippen molar-refractivity contribution in [2.24, 2.45) is 5.73 Å². The molecule has 2 rings (SSSR count). The lowest BCUT2D eigenvalue weighted by Crippen LogP contribution is -2.20. The lowest BCUT2D eigenvalue weighted by atomic mass is 10.0. The van der Waals surface area contributed by atoms with E-state index in [0.29, 0.717) is 15.8 Å². The number of hydrogen-bond donors (Lipinski definition) is 1. The quantitative estimate of drug-likeness (QED) is 0.933. The average Bonchev–Trinajstić information content (AvgIpc) is 2.85. The summed E-state index contributed by atoms with van der Waals surface area (Å²) in [5, 5.41) is 5.26. The zero-order chi connectivity index (χ0) is 14.9. The molecule has 0 saturated heterocycles. The van der Waals surface area contributed by atoms with Gasteiger partial charge >= 0.3 is 0 Å². The largest absolute Gasteiger partial charge is 0.493 e. The summed E-state index contributed by atoms with van der Waals surface area (Å²) in [6, 6.07) is 5.12. The van der Waals surface area contributed by atoms with E-state index in [4.69, 9.17) is 33.7 Å². The fraction of sp³-hybridized carbons (Fsp3) is 0.357. The molecular weight excluding hydrogens is 297 g/mol. The molecule has 2 aromatic rings. The number of nitrogens with zero attached hydrogens (tertiary/aromatic N) is 2. The normalized spacial score (nSPS) is 12.8. The molecule has 0 fully saturated rings. The number of nitrogens with two attached hydrogens (primary N) is 1. The summed E-state index contributed by atoms with van der Waals surface area (Å²) in [6.45, 7) is 4.06. The van der Waals surface area contributed by atoms with E-state index in [1.807, 2.05) is 30.7 Å². The molecule has 4 nitrogen and oxygen atoms in total. The lowest BCUT2D eigenvalue weighted by Gasteiger charge is -2.19. The van der Waals surface area contributed by atoms with Crippen LogP contribution in [0, 0.1) is 0 Å². The minimum absolute atomic E-state index is 0.165. The molecule has 0 aliphatic carbocycles. The first-order valence-electron chi connectivity index (χ1n) is 6.28. The Morgan fingerprint density at radius 3 is 2.60 bits per heavy atom. The van der Waals surface area contributed by atoms with Gasteiger partial charge in [-0.1, -0.05) is 35.3 Å². The topological polar surface area (TPSA) is 53.1 Å². The first-order valence-corrected chi connectivity index (χ1v) is 7.03. The van der Waals surface area contributed by atoms with Crippen LogP contribution in [0.1, 0.15) is 37.2 Å². The molecule has 108 valence electrons. The summed E-state index contributed by atoms with van der Waals surface area (Å²) in [5.41, 5.74) is 7.90. The molecule has 0 radical (unpaired) electrons. The molecule has 0 spiro atoms. The monoisotopic (exact) mass is 313 g/mol. The molecule has 1 aromatic heterocycles. The van der Waals surface area contributed by atoms with E-state index in [1.54, 1.807) is 19.4 Å². The Bertz CT molecular complexity index is 610. The fourth-order valence-electron chi connectivity index (χ4n) is 2.13. The van der Waals surface area contributed by atoms with Gasteiger partial charge in [-0.2, -0.15) is 5.10 Å². The second-order valence-electron chi connectivity index (χ2n) is 4.76. The number of methoxy groups -OCH3 is 1. The molecule has 1 heterocycles. The zero-order valence-corrected chi connectivity index (χ0v) is 13.1. The molecule has 0 amide bonds. The van der Waals surface area contributed by atoms with E-state index in [2.05, 4.69) is 5.10 Å². The van der Waals surface area contributed by atoms with E-state index < -0.39 is 6.04 Å². The third kappa shape index (κ3) is 2.64. The van der Waals surface area contributed by atoms with Crippen LogP contribution in [0.3, 0.4) is 0 Å². The highest BCUT2D eigenvalue weighted by Crippen LogP contribution is 2.35. The van der Waals surface area contributed by atoms with Gasteiger partial charge in [0, 0.05) is 6.04 Å². The molecule has 1 unspecified atom stereocenters. The maximum Gasteiger partial charge on any atom is 0.161 e. The molecule has 2 N–H and O–H groups in total. The van der Waals surface area contributed by atoms with Gasteiger partial charge in [-0.05, 0) is 25.5 Å². The molecule has 0 aliphatic heterocycles. The van der Waals surface area contributed by atoms with Crippen LogP contribution in [0.5, 0.6) is 5.75 Å². The van der Waals surface area contributed by atoms with Gasteiger partial charge in [0.15, 0.2) is 5.75 Å². The van der Waals surface area contributed by atoms with Crippen LogP contribution in [0.25, 0.3) is 0 Å². The van der Waals surface area contributed by atoms with Crippen LogP contribution < -0.4 is 10.5 Å². The van der Waals surface area contributed by atoms with Crippen LogP contribution in [-0.2, 0) is 0 Å². The summed E-state index contributed by atoms with van der Waals surface area (Å²) < 4.78 is 7.18. The fourth-order valence-corrected chi connectivity index (χ4v) is 2.55. The van der Waals surface area contributed by atoms with Crippen LogP contribution in [-0.4, -0.2) is 16.9 Å². The standard InChI is InChI=1S/C14H17Cl2N3O/c1-8(2)19-14(11(20-3)7-18-19)13(17)9-5-4-6-10(15)12(9)16/h4-8,13H,17H2,1-3H3. The minimum Gasteiger partial charge on any atom is -0.493 e. The molecule has 6 heteroatoms. The zero-order valence-electron chi connectivity index (χ0n) is 11.6. The van der Waals surface area contributed by atoms with Gasteiger partial charge in [-0.3, -0.25) is 4.68 Å². The Labute approximate surface area is 128 Å². The number of rotatable bonds is 4. The maximum absolute atomic E-state index is 6.36. The number of aromatic nitrogens is 2. The highest BCUT2D eigenvalue weighted by Gasteiger charge is 2.24. The van der Waals surface area contributed by atoms with Crippen molar-refractivity contribution in [2.45, 2.75) is 25.9 Å². The first kappa shape index (κ1) is 15.2. The summed E-state index contributed by atoms with van der Waals surface area (Å²) >= 11 is 12.3. The average molecular weight is 314 g/mol. The number of benzene rings is 1. The molecule has 0 bridgehead atoms. The summed E-state index contributed by atoms with van der Waals surface area (Å²) in [7, 11) is 1.59. The Balaban J connectivity index is 2.55. The van der Waals surface area contributed by atoms with Crippen LogP contribution in [0.15, 0.2) is 24.4 Å². The van der Waals surface area contributed by atoms with Gasteiger partial charge < -0.3 is 10.5 Å². The Hall–Kier alpha value is -1.23. The van der Waals surface area contributed by atoms with Crippen molar-refractivity contribution in [2.75, 3.05) is 7.11 Å².